The maximum Gasteiger partial charge on any atom is 0.339 e. The normalized spacial score (nSPS) is 18.9. The Morgan fingerprint density at radius 1 is 1.50 bits per heavy atom. The fraction of sp³-hybridized carbons (Fsp3) is 0.385. The summed E-state index contributed by atoms with van der Waals surface area (Å²) in [6.07, 6.45) is -0.138. The number of nitrogens with zero attached hydrogens (tertiary/aromatic N) is 1. The fourth-order valence-electron chi connectivity index (χ4n) is 1.83. The maximum absolute atomic E-state index is 11.7. The van der Waals surface area contributed by atoms with Gasteiger partial charge in [-0.2, -0.15) is 5.26 Å². The molecule has 0 radical (unpaired) electrons. The number of benzene rings is 1. The summed E-state index contributed by atoms with van der Waals surface area (Å²) in [5, 5.41) is 8.75. The van der Waals surface area contributed by atoms with Crippen LogP contribution in [0.3, 0.4) is 0 Å². The Labute approximate surface area is 94.6 Å². The number of fused-ring (bicyclic) bond motifs is 1. The van der Waals surface area contributed by atoms with Gasteiger partial charge in [-0.3, -0.25) is 0 Å². The van der Waals surface area contributed by atoms with Crippen molar-refractivity contribution in [1.29, 1.82) is 5.26 Å². The van der Waals surface area contributed by atoms with E-state index in [1.54, 1.807) is 0 Å². The summed E-state index contributed by atoms with van der Waals surface area (Å²) in [6, 6.07) is 7.78. The lowest BCUT2D eigenvalue weighted by Crippen LogP contribution is -2.26. The predicted octanol–water partition coefficient (Wildman–Crippen LogP) is 2.42. The topological polar surface area (TPSA) is 50.1 Å². The number of rotatable bonds is 1. The summed E-state index contributed by atoms with van der Waals surface area (Å²) < 4.78 is 5.00. The summed E-state index contributed by atoms with van der Waals surface area (Å²) in [5.41, 5.74) is 2.64. The molecule has 0 fully saturated rings. The lowest BCUT2D eigenvalue weighted by Gasteiger charge is -2.20. The minimum atomic E-state index is -0.634. The molecular weight excluding hydrogens is 202 g/mol. The monoisotopic (exact) mass is 215 g/mol. The number of cyclic esters (lactones) is 1. The van der Waals surface area contributed by atoms with Gasteiger partial charge in [0.1, 0.15) is 6.07 Å². The van der Waals surface area contributed by atoms with Gasteiger partial charge in [-0.05, 0) is 23.1 Å². The number of carbonyl (C=O) groups excluding carboxylic acids is 1. The molecule has 0 spiro atoms. The second kappa shape index (κ2) is 3.97. The highest BCUT2D eigenvalue weighted by Gasteiger charge is 2.26. The molecule has 1 aromatic carbocycles. The summed E-state index contributed by atoms with van der Waals surface area (Å²) >= 11 is 0. The first-order valence-corrected chi connectivity index (χ1v) is 5.35. The number of ether oxygens (including phenoxy) is 1. The van der Waals surface area contributed by atoms with E-state index in [1.807, 2.05) is 24.3 Å². The minimum Gasteiger partial charge on any atom is -0.443 e. The number of hydrogen-bond acceptors (Lipinski definition) is 3. The van der Waals surface area contributed by atoms with Crippen LogP contribution in [0.4, 0.5) is 0 Å². The lowest BCUT2D eigenvalue weighted by atomic mass is 9.93. The van der Waals surface area contributed by atoms with Crippen LogP contribution in [0.25, 0.3) is 0 Å². The van der Waals surface area contributed by atoms with Crippen molar-refractivity contribution in [3.63, 3.8) is 0 Å². The Kier molecular flexibility index (Phi) is 2.66. The molecule has 0 amide bonds. The first kappa shape index (κ1) is 10.7. The summed E-state index contributed by atoms with van der Waals surface area (Å²) in [5.74, 6) is 0.00194. The molecular formula is C13H13NO2. The fourth-order valence-corrected chi connectivity index (χ4v) is 1.83. The highest BCUT2D eigenvalue weighted by atomic mass is 16.5. The molecule has 1 heterocycles. The highest BCUT2D eigenvalue weighted by molar-refractivity contribution is 5.92. The summed E-state index contributed by atoms with van der Waals surface area (Å²) in [7, 11) is 0. The van der Waals surface area contributed by atoms with E-state index in [-0.39, 0.29) is 5.97 Å². The Balaban J connectivity index is 2.42. The summed E-state index contributed by atoms with van der Waals surface area (Å²) in [4.78, 5) is 11.7. The summed E-state index contributed by atoms with van der Waals surface area (Å²) in [6.45, 7) is 4.15. The molecule has 16 heavy (non-hydrogen) atoms. The van der Waals surface area contributed by atoms with E-state index >= 15 is 0 Å². The van der Waals surface area contributed by atoms with Gasteiger partial charge in [0.2, 0.25) is 0 Å². The Bertz CT molecular complexity index is 471. The van der Waals surface area contributed by atoms with E-state index in [4.69, 9.17) is 10.00 Å². The first-order chi connectivity index (χ1) is 7.61. The van der Waals surface area contributed by atoms with Crippen molar-refractivity contribution in [3.8, 4) is 6.07 Å². The molecule has 82 valence electrons. The van der Waals surface area contributed by atoms with Crippen LogP contribution in [0.2, 0.25) is 0 Å². The average Bonchev–Trinajstić information content (AvgIpc) is 2.28. The van der Waals surface area contributed by atoms with Crippen molar-refractivity contribution in [3.05, 3.63) is 34.9 Å². The van der Waals surface area contributed by atoms with Crippen molar-refractivity contribution in [1.82, 2.24) is 0 Å². The van der Waals surface area contributed by atoms with E-state index in [9.17, 15) is 4.79 Å². The van der Waals surface area contributed by atoms with Gasteiger partial charge < -0.3 is 4.74 Å². The van der Waals surface area contributed by atoms with Crippen LogP contribution in [0.15, 0.2) is 18.2 Å². The van der Waals surface area contributed by atoms with Crippen LogP contribution in [0.1, 0.15) is 41.3 Å². The largest absolute Gasteiger partial charge is 0.443 e. The van der Waals surface area contributed by atoms with Gasteiger partial charge in [0.15, 0.2) is 6.10 Å². The highest BCUT2D eigenvalue weighted by Crippen LogP contribution is 2.24. The van der Waals surface area contributed by atoms with Gasteiger partial charge in [-0.15, -0.1) is 0 Å². The van der Waals surface area contributed by atoms with Gasteiger partial charge in [0, 0.05) is 6.42 Å². The van der Waals surface area contributed by atoms with E-state index in [2.05, 4.69) is 13.8 Å². The van der Waals surface area contributed by atoms with Crippen molar-refractivity contribution in [2.45, 2.75) is 32.3 Å². The molecule has 1 aliphatic heterocycles. The second-order valence-corrected chi connectivity index (χ2v) is 4.30. The maximum atomic E-state index is 11.7. The van der Waals surface area contributed by atoms with Crippen molar-refractivity contribution < 1.29 is 9.53 Å². The third-order valence-corrected chi connectivity index (χ3v) is 2.82. The van der Waals surface area contributed by atoms with Crippen molar-refractivity contribution in [2.24, 2.45) is 0 Å². The van der Waals surface area contributed by atoms with Crippen LogP contribution in [-0.4, -0.2) is 12.1 Å². The number of carbonyl (C=O) groups is 1. The van der Waals surface area contributed by atoms with Crippen molar-refractivity contribution in [2.75, 3.05) is 0 Å². The Morgan fingerprint density at radius 2 is 2.25 bits per heavy atom. The molecule has 3 nitrogen and oxygen atoms in total. The Morgan fingerprint density at radius 3 is 2.88 bits per heavy atom. The smallest absolute Gasteiger partial charge is 0.339 e. The zero-order chi connectivity index (χ0) is 11.7. The third-order valence-electron chi connectivity index (χ3n) is 2.82. The molecule has 0 aliphatic carbocycles. The SMILES string of the molecule is CC(C)c1ccc2c(c1)C(=O)OC(C#N)C2. The lowest BCUT2D eigenvalue weighted by molar-refractivity contribution is 0.0370. The van der Waals surface area contributed by atoms with Crippen LogP contribution >= 0.6 is 0 Å². The molecule has 2 rings (SSSR count). The quantitative estimate of drug-likeness (QED) is 0.676. The molecule has 1 aliphatic rings. The zero-order valence-electron chi connectivity index (χ0n) is 9.36. The van der Waals surface area contributed by atoms with Gasteiger partial charge in [-0.25, -0.2) is 4.79 Å². The standard InChI is InChI=1S/C13H13NO2/c1-8(2)9-3-4-10-5-11(7-14)16-13(15)12(10)6-9/h3-4,6,8,11H,5H2,1-2H3. The Hall–Kier alpha value is -1.82. The van der Waals surface area contributed by atoms with Crippen LogP contribution in [0.5, 0.6) is 0 Å². The van der Waals surface area contributed by atoms with Crippen molar-refractivity contribution >= 4 is 5.97 Å². The molecule has 1 aromatic rings. The molecule has 0 aromatic heterocycles. The third kappa shape index (κ3) is 1.79. The van der Waals surface area contributed by atoms with Gasteiger partial charge >= 0.3 is 5.97 Å². The molecule has 0 saturated heterocycles. The van der Waals surface area contributed by atoms with Crippen LogP contribution < -0.4 is 0 Å². The molecule has 0 N–H and O–H groups in total. The zero-order valence-corrected chi connectivity index (χ0v) is 9.36. The van der Waals surface area contributed by atoms with E-state index in [1.165, 1.54) is 0 Å². The average molecular weight is 215 g/mol. The first-order valence-electron chi connectivity index (χ1n) is 5.35. The molecule has 0 saturated carbocycles. The minimum absolute atomic E-state index is 0.379. The van der Waals surface area contributed by atoms with Gasteiger partial charge in [0.05, 0.1) is 5.56 Å². The van der Waals surface area contributed by atoms with Crippen LogP contribution in [-0.2, 0) is 11.2 Å². The second-order valence-electron chi connectivity index (χ2n) is 4.30. The molecule has 0 bridgehead atoms. The van der Waals surface area contributed by atoms with Crippen LogP contribution in [0, 0.1) is 11.3 Å². The molecule has 3 heteroatoms. The van der Waals surface area contributed by atoms with E-state index in [0.717, 1.165) is 11.1 Å². The number of hydrogen-bond donors (Lipinski definition) is 0. The van der Waals surface area contributed by atoms with E-state index < -0.39 is 6.10 Å². The number of esters is 1. The van der Waals surface area contributed by atoms with Gasteiger partial charge in [-0.1, -0.05) is 26.0 Å². The van der Waals surface area contributed by atoms with Gasteiger partial charge in [0.25, 0.3) is 0 Å². The van der Waals surface area contributed by atoms with E-state index in [0.29, 0.717) is 17.9 Å². The molecule has 1 unspecified atom stereocenters. The predicted molar refractivity (Wildman–Crippen MR) is 59.1 cm³/mol. The number of nitriles is 1. The molecule has 1 atom stereocenters.